The Morgan fingerprint density at radius 3 is 2.71 bits per heavy atom. The van der Waals surface area contributed by atoms with E-state index in [4.69, 9.17) is 11.6 Å². The van der Waals surface area contributed by atoms with Gasteiger partial charge in [0.2, 0.25) is 0 Å². The number of nitrogens with one attached hydrogen (secondary N) is 1. The highest BCUT2D eigenvalue weighted by molar-refractivity contribution is 7.16. The van der Waals surface area contributed by atoms with Crippen molar-refractivity contribution in [2.75, 3.05) is 18.9 Å². The zero-order chi connectivity index (χ0) is 15.2. The first-order valence-electron chi connectivity index (χ1n) is 6.94. The fraction of sp³-hybridized carbons (Fsp3) is 0.312. The average molecular weight is 323 g/mol. The topological polar surface area (TPSA) is 32.3 Å². The van der Waals surface area contributed by atoms with Crippen LogP contribution in [0.1, 0.15) is 28.6 Å². The van der Waals surface area contributed by atoms with Crippen molar-refractivity contribution in [3.8, 4) is 0 Å². The first-order chi connectivity index (χ1) is 10.1. The van der Waals surface area contributed by atoms with Crippen molar-refractivity contribution in [1.82, 2.24) is 4.90 Å². The largest absolute Gasteiger partial charge is 0.384 e. The van der Waals surface area contributed by atoms with Crippen LogP contribution >= 0.6 is 22.9 Å². The molecule has 3 nitrogen and oxygen atoms in total. The highest BCUT2D eigenvalue weighted by Crippen LogP contribution is 2.24. The van der Waals surface area contributed by atoms with Crippen molar-refractivity contribution in [1.29, 1.82) is 0 Å². The van der Waals surface area contributed by atoms with Gasteiger partial charge in [-0.1, -0.05) is 30.7 Å². The third-order valence-corrected chi connectivity index (χ3v) is 4.31. The monoisotopic (exact) mass is 322 g/mol. The lowest BCUT2D eigenvalue weighted by Gasteiger charge is -2.19. The van der Waals surface area contributed by atoms with Crippen molar-refractivity contribution in [2.24, 2.45) is 0 Å². The molecule has 1 aromatic heterocycles. The van der Waals surface area contributed by atoms with Gasteiger partial charge in [0, 0.05) is 24.2 Å². The summed E-state index contributed by atoms with van der Waals surface area (Å²) in [4.78, 5) is 15.4. The molecule has 0 unspecified atom stereocenters. The molecule has 112 valence electrons. The summed E-state index contributed by atoms with van der Waals surface area (Å²) in [6.45, 7) is 3.52. The van der Waals surface area contributed by atoms with E-state index in [1.54, 1.807) is 4.90 Å². The predicted octanol–water partition coefficient (Wildman–Crippen LogP) is 4.50. The second-order valence-corrected chi connectivity index (χ2v) is 6.64. The van der Waals surface area contributed by atoms with Crippen LogP contribution in [-0.2, 0) is 6.54 Å². The number of thiophene rings is 1. The van der Waals surface area contributed by atoms with Crippen LogP contribution in [0.4, 0.5) is 5.69 Å². The van der Waals surface area contributed by atoms with Crippen LogP contribution < -0.4 is 5.32 Å². The maximum atomic E-state index is 12.6. The Balaban J connectivity index is 2.11. The lowest BCUT2D eigenvalue weighted by molar-refractivity contribution is 0.0787. The summed E-state index contributed by atoms with van der Waals surface area (Å²) in [6, 6.07) is 11.4. The fourth-order valence-electron chi connectivity index (χ4n) is 2.03. The molecule has 0 radical (unpaired) electrons. The second-order valence-electron chi connectivity index (χ2n) is 4.84. The van der Waals surface area contributed by atoms with Crippen LogP contribution in [0, 0.1) is 0 Å². The molecule has 2 rings (SSSR count). The van der Waals surface area contributed by atoms with E-state index in [0.717, 1.165) is 27.9 Å². The van der Waals surface area contributed by atoms with E-state index < -0.39 is 0 Å². The van der Waals surface area contributed by atoms with Crippen molar-refractivity contribution in [3.63, 3.8) is 0 Å². The molecule has 21 heavy (non-hydrogen) atoms. The number of para-hydroxylation sites is 1. The minimum Gasteiger partial charge on any atom is -0.384 e. The average Bonchev–Trinajstić information content (AvgIpc) is 2.89. The molecule has 0 atom stereocenters. The summed E-state index contributed by atoms with van der Waals surface area (Å²) in [7, 11) is 1.81. The predicted molar refractivity (Wildman–Crippen MR) is 90.3 cm³/mol. The normalized spacial score (nSPS) is 10.4. The summed E-state index contributed by atoms with van der Waals surface area (Å²) >= 11 is 7.43. The number of amides is 1. The van der Waals surface area contributed by atoms with Gasteiger partial charge >= 0.3 is 0 Å². The van der Waals surface area contributed by atoms with Crippen LogP contribution in [-0.4, -0.2) is 24.4 Å². The molecule has 0 fully saturated rings. The highest BCUT2D eigenvalue weighted by Gasteiger charge is 2.16. The maximum absolute atomic E-state index is 12.6. The molecule has 5 heteroatoms. The van der Waals surface area contributed by atoms with Gasteiger partial charge in [0.05, 0.1) is 16.4 Å². The summed E-state index contributed by atoms with van der Waals surface area (Å²) in [5.74, 6) is 0.0127. The quantitative estimate of drug-likeness (QED) is 0.849. The lowest BCUT2D eigenvalue weighted by Crippen LogP contribution is -2.26. The van der Waals surface area contributed by atoms with Crippen molar-refractivity contribution < 1.29 is 4.79 Å². The molecule has 0 saturated heterocycles. The summed E-state index contributed by atoms with van der Waals surface area (Å²) in [5.41, 5.74) is 1.59. The Hall–Kier alpha value is -1.52. The van der Waals surface area contributed by atoms with Crippen LogP contribution in [0.2, 0.25) is 4.34 Å². The van der Waals surface area contributed by atoms with E-state index in [1.807, 2.05) is 43.4 Å². The van der Waals surface area contributed by atoms with Gasteiger partial charge in [-0.3, -0.25) is 4.79 Å². The van der Waals surface area contributed by atoms with Gasteiger partial charge in [-0.05, 0) is 30.7 Å². The fourth-order valence-corrected chi connectivity index (χ4v) is 3.17. The number of anilines is 1. The van der Waals surface area contributed by atoms with Crippen LogP contribution in [0.25, 0.3) is 0 Å². The number of carbonyl (C=O) groups is 1. The molecule has 2 aromatic rings. The van der Waals surface area contributed by atoms with E-state index in [0.29, 0.717) is 12.1 Å². The molecule has 0 aliphatic carbocycles. The number of nitrogens with zero attached hydrogens (tertiary/aromatic N) is 1. The lowest BCUT2D eigenvalue weighted by atomic mass is 10.1. The molecular weight excluding hydrogens is 304 g/mol. The number of halogens is 1. The van der Waals surface area contributed by atoms with E-state index >= 15 is 0 Å². The van der Waals surface area contributed by atoms with E-state index in [-0.39, 0.29) is 5.91 Å². The van der Waals surface area contributed by atoms with Crippen LogP contribution in [0.3, 0.4) is 0 Å². The first kappa shape index (κ1) is 15.9. The number of hydrogen-bond acceptors (Lipinski definition) is 3. The smallest absolute Gasteiger partial charge is 0.256 e. The van der Waals surface area contributed by atoms with E-state index in [2.05, 4.69) is 12.2 Å². The summed E-state index contributed by atoms with van der Waals surface area (Å²) < 4.78 is 0.746. The van der Waals surface area contributed by atoms with Crippen molar-refractivity contribution >= 4 is 34.5 Å². The van der Waals surface area contributed by atoms with E-state index in [9.17, 15) is 4.79 Å². The van der Waals surface area contributed by atoms with Gasteiger partial charge in [-0.25, -0.2) is 0 Å². The Bertz CT molecular complexity index is 612. The third kappa shape index (κ3) is 4.22. The van der Waals surface area contributed by atoms with Crippen LogP contribution in [0.15, 0.2) is 36.4 Å². The van der Waals surface area contributed by atoms with Crippen molar-refractivity contribution in [3.05, 3.63) is 51.2 Å². The molecule has 1 amide bonds. The van der Waals surface area contributed by atoms with Crippen molar-refractivity contribution in [2.45, 2.75) is 19.9 Å². The first-order valence-corrected chi connectivity index (χ1v) is 8.14. The van der Waals surface area contributed by atoms with Gasteiger partial charge in [0.15, 0.2) is 0 Å². The van der Waals surface area contributed by atoms with Gasteiger partial charge in [0.25, 0.3) is 5.91 Å². The number of benzene rings is 1. The van der Waals surface area contributed by atoms with Gasteiger partial charge in [0.1, 0.15) is 0 Å². The Labute approximate surface area is 134 Å². The molecule has 0 bridgehead atoms. The zero-order valence-corrected chi connectivity index (χ0v) is 13.8. The number of carbonyl (C=O) groups excluding carboxylic acids is 1. The molecule has 1 N–H and O–H groups in total. The zero-order valence-electron chi connectivity index (χ0n) is 12.2. The van der Waals surface area contributed by atoms with Gasteiger partial charge in [-0.15, -0.1) is 11.3 Å². The summed E-state index contributed by atoms with van der Waals surface area (Å²) in [6.07, 6.45) is 1.02. The number of hydrogen-bond donors (Lipinski definition) is 1. The Morgan fingerprint density at radius 2 is 2.05 bits per heavy atom. The number of rotatable bonds is 6. The minimum atomic E-state index is 0.0127. The molecule has 1 aromatic carbocycles. The third-order valence-electron chi connectivity index (χ3n) is 3.09. The molecule has 0 spiro atoms. The van der Waals surface area contributed by atoms with Gasteiger partial charge < -0.3 is 10.2 Å². The molecule has 0 aliphatic rings. The SMILES string of the molecule is CCCNc1ccccc1C(=O)N(C)Cc1ccc(Cl)s1. The van der Waals surface area contributed by atoms with E-state index in [1.165, 1.54) is 11.3 Å². The standard InChI is InChI=1S/C16H19ClN2OS/c1-3-10-18-14-7-5-4-6-13(14)16(20)19(2)11-12-8-9-15(17)21-12/h4-9,18H,3,10-11H2,1-2H3. The Kier molecular flexibility index (Phi) is 5.65. The molecular formula is C16H19ClN2OS. The van der Waals surface area contributed by atoms with Gasteiger partial charge in [-0.2, -0.15) is 0 Å². The summed E-state index contributed by atoms with van der Waals surface area (Å²) in [5, 5.41) is 3.30. The highest BCUT2D eigenvalue weighted by atomic mass is 35.5. The maximum Gasteiger partial charge on any atom is 0.256 e. The molecule has 0 saturated carbocycles. The Morgan fingerprint density at radius 1 is 1.29 bits per heavy atom. The second kappa shape index (κ2) is 7.48. The van der Waals surface area contributed by atoms with Crippen LogP contribution in [0.5, 0.6) is 0 Å². The minimum absolute atomic E-state index is 0.0127. The molecule has 0 aliphatic heterocycles. The molecule has 1 heterocycles.